The van der Waals surface area contributed by atoms with Crippen molar-refractivity contribution in [1.82, 2.24) is 4.98 Å². The zero-order chi connectivity index (χ0) is 16.4. The number of hydrogen-bond acceptors (Lipinski definition) is 3. The number of para-hydroxylation sites is 1. The van der Waals surface area contributed by atoms with Gasteiger partial charge in [-0.2, -0.15) is 0 Å². The molecule has 1 aliphatic heterocycles. The monoisotopic (exact) mass is 309 g/mol. The molecule has 0 fully saturated rings. The lowest BCUT2D eigenvalue weighted by Gasteiger charge is -2.22. The minimum Gasteiger partial charge on any atom is -0.381 e. The summed E-state index contributed by atoms with van der Waals surface area (Å²) in [5, 5.41) is 3.36. The molecule has 0 radical (unpaired) electrons. The van der Waals surface area contributed by atoms with Gasteiger partial charge in [-0.25, -0.2) is 4.98 Å². The van der Waals surface area contributed by atoms with Gasteiger partial charge in [0.1, 0.15) is 5.69 Å². The van der Waals surface area contributed by atoms with Crippen LogP contribution in [0.15, 0.2) is 42.6 Å². The molecule has 0 spiro atoms. The molecule has 4 heteroatoms. The lowest BCUT2D eigenvalue weighted by atomic mass is 10.1. The van der Waals surface area contributed by atoms with Crippen molar-refractivity contribution in [3.8, 4) is 0 Å². The van der Waals surface area contributed by atoms with E-state index in [1.165, 1.54) is 5.56 Å². The van der Waals surface area contributed by atoms with Crippen LogP contribution in [0.2, 0.25) is 0 Å². The summed E-state index contributed by atoms with van der Waals surface area (Å²) in [6.07, 6.45) is 3.68. The van der Waals surface area contributed by atoms with Crippen molar-refractivity contribution in [1.29, 1.82) is 0 Å². The molecule has 2 atom stereocenters. The zero-order valence-electron chi connectivity index (χ0n) is 13.9. The highest BCUT2D eigenvalue weighted by molar-refractivity contribution is 6.06. The molecular formula is C19H23N3O. The third kappa shape index (κ3) is 3.07. The predicted molar refractivity (Wildman–Crippen MR) is 94.0 cm³/mol. The number of pyridine rings is 1. The Hall–Kier alpha value is -2.36. The lowest BCUT2D eigenvalue weighted by Crippen LogP contribution is -2.36. The van der Waals surface area contributed by atoms with Gasteiger partial charge in [-0.1, -0.05) is 25.1 Å². The van der Waals surface area contributed by atoms with Gasteiger partial charge < -0.3 is 10.2 Å². The summed E-state index contributed by atoms with van der Waals surface area (Å²) < 4.78 is 0. The largest absolute Gasteiger partial charge is 0.381 e. The summed E-state index contributed by atoms with van der Waals surface area (Å²) in [5.41, 5.74) is 3.67. The maximum absolute atomic E-state index is 12.9. The smallest absolute Gasteiger partial charge is 0.277 e. The highest BCUT2D eigenvalue weighted by Crippen LogP contribution is 2.32. The molecular weight excluding hydrogens is 286 g/mol. The van der Waals surface area contributed by atoms with Crippen molar-refractivity contribution < 1.29 is 4.79 Å². The number of carbonyl (C=O) groups excluding carboxylic acids is 1. The number of anilines is 2. The van der Waals surface area contributed by atoms with Crippen molar-refractivity contribution in [2.75, 3.05) is 10.2 Å². The van der Waals surface area contributed by atoms with E-state index in [9.17, 15) is 4.79 Å². The summed E-state index contributed by atoms with van der Waals surface area (Å²) in [4.78, 5) is 19.1. The fourth-order valence-corrected chi connectivity index (χ4v) is 2.99. The van der Waals surface area contributed by atoms with Crippen LogP contribution in [0, 0.1) is 0 Å². The second-order valence-electron chi connectivity index (χ2n) is 6.24. The first-order valence-corrected chi connectivity index (χ1v) is 8.24. The van der Waals surface area contributed by atoms with Gasteiger partial charge in [0.2, 0.25) is 0 Å². The number of fused-ring (bicyclic) bond motifs is 1. The lowest BCUT2D eigenvalue weighted by molar-refractivity contribution is 0.0976. The van der Waals surface area contributed by atoms with Crippen LogP contribution in [0.25, 0.3) is 0 Å². The van der Waals surface area contributed by atoms with Crippen LogP contribution in [-0.2, 0) is 6.42 Å². The number of benzene rings is 1. The number of nitrogens with zero attached hydrogens (tertiary/aromatic N) is 2. The highest BCUT2D eigenvalue weighted by Gasteiger charge is 2.31. The minimum atomic E-state index is -0.0301. The first-order chi connectivity index (χ1) is 11.1. The van der Waals surface area contributed by atoms with Crippen LogP contribution >= 0.6 is 0 Å². The van der Waals surface area contributed by atoms with E-state index in [1.54, 1.807) is 12.3 Å². The SMILES string of the molecule is CCC(C)Nc1ccc(C(=O)N2c3ccccc3CC2C)nc1. The molecule has 0 saturated heterocycles. The quantitative estimate of drug-likeness (QED) is 0.932. The Morgan fingerprint density at radius 1 is 1.35 bits per heavy atom. The third-order valence-corrected chi connectivity index (χ3v) is 4.43. The van der Waals surface area contributed by atoms with Gasteiger partial charge in [0, 0.05) is 17.8 Å². The Balaban J connectivity index is 1.81. The fourth-order valence-electron chi connectivity index (χ4n) is 2.99. The Kier molecular flexibility index (Phi) is 4.33. The van der Waals surface area contributed by atoms with Gasteiger partial charge in [-0.05, 0) is 50.5 Å². The summed E-state index contributed by atoms with van der Waals surface area (Å²) >= 11 is 0. The predicted octanol–water partition coefficient (Wildman–Crippen LogP) is 3.88. The summed E-state index contributed by atoms with van der Waals surface area (Å²) in [7, 11) is 0. The van der Waals surface area contributed by atoms with E-state index in [1.807, 2.05) is 29.2 Å². The molecule has 1 aromatic carbocycles. The Labute approximate surface area is 137 Å². The number of nitrogens with one attached hydrogen (secondary N) is 1. The van der Waals surface area contributed by atoms with Gasteiger partial charge >= 0.3 is 0 Å². The molecule has 2 heterocycles. The summed E-state index contributed by atoms with van der Waals surface area (Å²) in [6.45, 7) is 6.34. The van der Waals surface area contributed by atoms with Crippen molar-refractivity contribution >= 4 is 17.3 Å². The second-order valence-corrected chi connectivity index (χ2v) is 6.24. The van der Waals surface area contributed by atoms with Crippen molar-refractivity contribution in [3.05, 3.63) is 53.9 Å². The standard InChI is InChI=1S/C19H23N3O/c1-4-13(2)21-16-9-10-17(20-12-16)19(23)22-14(3)11-15-7-5-6-8-18(15)22/h5-10,12-14,21H,4,11H2,1-3H3. The molecule has 0 saturated carbocycles. The third-order valence-electron chi connectivity index (χ3n) is 4.43. The van der Waals surface area contributed by atoms with Crippen LogP contribution in [0.4, 0.5) is 11.4 Å². The number of carbonyl (C=O) groups is 1. The molecule has 3 rings (SSSR count). The van der Waals surface area contributed by atoms with Gasteiger partial charge in [-0.3, -0.25) is 4.79 Å². The van der Waals surface area contributed by atoms with E-state index < -0.39 is 0 Å². The molecule has 4 nitrogen and oxygen atoms in total. The summed E-state index contributed by atoms with van der Waals surface area (Å²) in [6, 6.07) is 12.4. The minimum absolute atomic E-state index is 0.0301. The highest BCUT2D eigenvalue weighted by atomic mass is 16.2. The van der Waals surface area contributed by atoms with E-state index in [2.05, 4.69) is 37.1 Å². The average Bonchev–Trinajstić information content (AvgIpc) is 2.90. The number of hydrogen-bond donors (Lipinski definition) is 1. The fraction of sp³-hybridized carbons (Fsp3) is 0.368. The van der Waals surface area contributed by atoms with E-state index in [0.29, 0.717) is 11.7 Å². The van der Waals surface area contributed by atoms with E-state index in [0.717, 1.165) is 24.2 Å². The first kappa shape index (κ1) is 15.5. The van der Waals surface area contributed by atoms with Gasteiger partial charge in [-0.15, -0.1) is 0 Å². The zero-order valence-corrected chi connectivity index (χ0v) is 13.9. The molecule has 0 aliphatic carbocycles. The van der Waals surface area contributed by atoms with Gasteiger partial charge in [0.25, 0.3) is 5.91 Å². The van der Waals surface area contributed by atoms with E-state index in [-0.39, 0.29) is 11.9 Å². The van der Waals surface area contributed by atoms with Gasteiger partial charge in [0.05, 0.1) is 11.9 Å². The van der Waals surface area contributed by atoms with Crippen LogP contribution in [0.1, 0.15) is 43.2 Å². The molecule has 2 aromatic rings. The van der Waals surface area contributed by atoms with Crippen molar-refractivity contribution in [2.45, 2.75) is 45.7 Å². The number of rotatable bonds is 4. The molecule has 0 bridgehead atoms. The van der Waals surface area contributed by atoms with E-state index >= 15 is 0 Å². The van der Waals surface area contributed by atoms with Crippen LogP contribution in [-0.4, -0.2) is 23.0 Å². The first-order valence-electron chi connectivity index (χ1n) is 8.24. The van der Waals surface area contributed by atoms with Crippen LogP contribution in [0.5, 0.6) is 0 Å². The molecule has 120 valence electrons. The molecule has 2 unspecified atom stereocenters. The van der Waals surface area contributed by atoms with Crippen LogP contribution in [0.3, 0.4) is 0 Å². The van der Waals surface area contributed by atoms with Crippen molar-refractivity contribution in [2.24, 2.45) is 0 Å². The average molecular weight is 309 g/mol. The maximum Gasteiger partial charge on any atom is 0.277 e. The second kappa shape index (κ2) is 6.41. The molecule has 1 N–H and O–H groups in total. The number of aromatic nitrogens is 1. The Morgan fingerprint density at radius 2 is 2.13 bits per heavy atom. The molecule has 1 amide bonds. The van der Waals surface area contributed by atoms with Crippen LogP contribution < -0.4 is 10.2 Å². The Bertz CT molecular complexity index is 696. The normalized spacial score (nSPS) is 17.7. The number of amides is 1. The van der Waals surface area contributed by atoms with Crippen molar-refractivity contribution in [3.63, 3.8) is 0 Å². The molecule has 1 aromatic heterocycles. The summed E-state index contributed by atoms with van der Waals surface area (Å²) in [5.74, 6) is -0.0301. The Morgan fingerprint density at radius 3 is 2.83 bits per heavy atom. The topological polar surface area (TPSA) is 45.2 Å². The molecule has 23 heavy (non-hydrogen) atoms. The van der Waals surface area contributed by atoms with E-state index in [4.69, 9.17) is 0 Å². The van der Waals surface area contributed by atoms with Gasteiger partial charge in [0.15, 0.2) is 0 Å². The molecule has 1 aliphatic rings. The maximum atomic E-state index is 12.9.